The lowest BCUT2D eigenvalue weighted by atomic mass is 9.73. The Balaban J connectivity index is 1.41. The summed E-state index contributed by atoms with van der Waals surface area (Å²) in [6.07, 6.45) is 10.8. The minimum atomic E-state index is -0.407. The number of ether oxygens (including phenoxy) is 2. The number of methoxy groups -OCH3 is 2. The van der Waals surface area contributed by atoms with E-state index in [4.69, 9.17) is 9.47 Å². The predicted octanol–water partition coefficient (Wildman–Crippen LogP) is 5.76. The average molecular weight is 523 g/mol. The molecular formula is C31H30N4O4. The molecule has 0 spiro atoms. The van der Waals surface area contributed by atoms with Gasteiger partial charge in [0, 0.05) is 27.7 Å². The van der Waals surface area contributed by atoms with Crippen molar-refractivity contribution in [1.29, 1.82) is 0 Å². The molecule has 0 saturated heterocycles. The number of hydrogen-bond donors (Lipinski definition) is 2. The normalized spacial score (nSPS) is 16.5. The van der Waals surface area contributed by atoms with Gasteiger partial charge in [0.25, 0.3) is 0 Å². The molecule has 2 N–H and O–H groups in total. The van der Waals surface area contributed by atoms with Crippen molar-refractivity contribution in [2.24, 2.45) is 5.41 Å². The number of aromatic amines is 2. The topological polar surface area (TPSA) is 110 Å². The molecule has 198 valence electrons. The van der Waals surface area contributed by atoms with Gasteiger partial charge in [-0.2, -0.15) is 0 Å². The van der Waals surface area contributed by atoms with Gasteiger partial charge in [0.1, 0.15) is 11.6 Å². The van der Waals surface area contributed by atoms with E-state index in [-0.39, 0.29) is 24.8 Å². The second kappa shape index (κ2) is 10.9. The number of rotatable bonds is 8. The van der Waals surface area contributed by atoms with E-state index in [1.165, 1.54) is 14.2 Å². The van der Waals surface area contributed by atoms with Gasteiger partial charge < -0.3 is 19.4 Å². The molecule has 1 aliphatic carbocycles. The fourth-order valence-electron chi connectivity index (χ4n) is 4.92. The number of aromatic nitrogens is 4. The molecule has 2 aromatic carbocycles. The van der Waals surface area contributed by atoms with E-state index in [2.05, 4.69) is 39.0 Å². The van der Waals surface area contributed by atoms with Crippen LogP contribution in [0.5, 0.6) is 0 Å². The van der Waals surface area contributed by atoms with E-state index < -0.39 is 5.41 Å². The van der Waals surface area contributed by atoms with Crippen LogP contribution in [0.2, 0.25) is 0 Å². The molecule has 5 rings (SSSR count). The number of carbonyl (C=O) groups is 2. The van der Waals surface area contributed by atoms with E-state index in [1.807, 2.05) is 60.8 Å². The number of H-pyrrole nitrogens is 2. The minimum absolute atomic E-state index is 0.172. The summed E-state index contributed by atoms with van der Waals surface area (Å²) >= 11 is 0. The molecule has 0 aliphatic heterocycles. The first-order valence-corrected chi connectivity index (χ1v) is 12.7. The third-order valence-corrected chi connectivity index (χ3v) is 7.11. The standard InChI is InChI=1S/C31H30N4O4/c1-31(17-28(37)39-3)14-7-6-13-24(31)30-33-19-26(35-30)22-11-8-10-21(15-22)25-18-32-29(34-25)23-12-5-4-9-20(23)16-27(36)38-2/h4-13,15,18-19H,14,16-17H2,1-3H3,(H,32,34)(H,33,35). The highest BCUT2D eigenvalue weighted by atomic mass is 16.5. The quantitative estimate of drug-likeness (QED) is 0.285. The summed E-state index contributed by atoms with van der Waals surface area (Å²) in [6, 6.07) is 15.7. The second-order valence-corrected chi connectivity index (χ2v) is 9.81. The Labute approximate surface area is 226 Å². The van der Waals surface area contributed by atoms with Crippen LogP contribution in [0.3, 0.4) is 0 Å². The van der Waals surface area contributed by atoms with Crippen molar-refractivity contribution >= 4 is 17.5 Å². The molecular weight excluding hydrogens is 492 g/mol. The number of hydrogen-bond acceptors (Lipinski definition) is 6. The van der Waals surface area contributed by atoms with Gasteiger partial charge in [0.05, 0.1) is 50.8 Å². The molecule has 0 fully saturated rings. The van der Waals surface area contributed by atoms with Crippen molar-refractivity contribution < 1.29 is 19.1 Å². The molecule has 0 saturated carbocycles. The summed E-state index contributed by atoms with van der Waals surface area (Å²) < 4.78 is 9.78. The fourth-order valence-corrected chi connectivity index (χ4v) is 4.92. The van der Waals surface area contributed by atoms with Crippen LogP contribution in [-0.2, 0) is 25.5 Å². The smallest absolute Gasteiger partial charge is 0.310 e. The third kappa shape index (κ3) is 5.45. The highest BCUT2D eigenvalue weighted by Crippen LogP contribution is 2.43. The van der Waals surface area contributed by atoms with Gasteiger partial charge in [-0.15, -0.1) is 0 Å². The first kappa shape index (κ1) is 25.9. The maximum atomic E-state index is 12.1. The Hall–Kier alpha value is -4.72. The number of allylic oxidation sites excluding steroid dienone is 4. The zero-order chi connectivity index (χ0) is 27.4. The average Bonchev–Trinajstić information content (AvgIpc) is 3.64. The Morgan fingerprint density at radius 1 is 0.897 bits per heavy atom. The van der Waals surface area contributed by atoms with E-state index >= 15 is 0 Å². The van der Waals surface area contributed by atoms with Crippen molar-refractivity contribution in [3.63, 3.8) is 0 Å². The fraction of sp³-hybridized carbons (Fsp3) is 0.226. The lowest BCUT2D eigenvalue weighted by molar-refractivity contribution is -0.142. The Morgan fingerprint density at radius 2 is 1.56 bits per heavy atom. The largest absolute Gasteiger partial charge is 0.469 e. The maximum Gasteiger partial charge on any atom is 0.310 e. The zero-order valence-electron chi connectivity index (χ0n) is 22.2. The predicted molar refractivity (Wildman–Crippen MR) is 149 cm³/mol. The summed E-state index contributed by atoms with van der Waals surface area (Å²) in [5.41, 5.74) is 5.91. The Morgan fingerprint density at radius 3 is 2.28 bits per heavy atom. The molecule has 1 atom stereocenters. The summed E-state index contributed by atoms with van der Waals surface area (Å²) in [5, 5.41) is 0. The number of benzene rings is 2. The molecule has 4 aromatic rings. The van der Waals surface area contributed by atoms with Crippen LogP contribution >= 0.6 is 0 Å². The third-order valence-electron chi connectivity index (χ3n) is 7.11. The molecule has 0 amide bonds. The van der Waals surface area contributed by atoms with E-state index in [9.17, 15) is 9.59 Å². The van der Waals surface area contributed by atoms with Crippen LogP contribution in [-0.4, -0.2) is 46.1 Å². The molecule has 1 unspecified atom stereocenters. The molecule has 8 nitrogen and oxygen atoms in total. The summed E-state index contributed by atoms with van der Waals surface area (Å²) in [6.45, 7) is 2.06. The maximum absolute atomic E-state index is 12.1. The van der Waals surface area contributed by atoms with Crippen LogP contribution < -0.4 is 0 Å². The van der Waals surface area contributed by atoms with Gasteiger partial charge in [-0.25, -0.2) is 9.97 Å². The number of nitrogens with zero attached hydrogens (tertiary/aromatic N) is 2. The van der Waals surface area contributed by atoms with Crippen molar-refractivity contribution in [3.05, 3.63) is 90.5 Å². The Kier molecular flexibility index (Phi) is 7.27. The number of esters is 2. The van der Waals surface area contributed by atoms with Crippen molar-refractivity contribution in [3.8, 4) is 33.9 Å². The van der Waals surface area contributed by atoms with Crippen LogP contribution in [0.4, 0.5) is 0 Å². The van der Waals surface area contributed by atoms with Gasteiger partial charge in [-0.05, 0) is 18.1 Å². The van der Waals surface area contributed by atoms with Crippen molar-refractivity contribution in [2.45, 2.75) is 26.2 Å². The SMILES string of the molecule is COC(=O)Cc1ccccc1-c1ncc(-c2cccc(-c3cnc(C4=CC=CCC4(C)CC(=O)OC)[nH]3)c2)[nH]1. The molecule has 0 radical (unpaired) electrons. The minimum Gasteiger partial charge on any atom is -0.469 e. The summed E-state index contributed by atoms with van der Waals surface area (Å²) in [4.78, 5) is 40.1. The van der Waals surface area contributed by atoms with Gasteiger partial charge in [0.2, 0.25) is 0 Å². The first-order chi connectivity index (χ1) is 18.9. The molecule has 1 aliphatic rings. The molecule has 2 heterocycles. The summed E-state index contributed by atoms with van der Waals surface area (Å²) in [7, 11) is 2.80. The van der Waals surface area contributed by atoms with E-state index in [1.54, 1.807) is 6.20 Å². The number of imidazole rings is 2. The number of carbonyl (C=O) groups excluding carboxylic acids is 2. The van der Waals surface area contributed by atoms with Gasteiger partial charge >= 0.3 is 11.9 Å². The highest BCUT2D eigenvalue weighted by Gasteiger charge is 2.34. The molecule has 39 heavy (non-hydrogen) atoms. The van der Waals surface area contributed by atoms with Gasteiger partial charge in [-0.3, -0.25) is 9.59 Å². The monoisotopic (exact) mass is 522 g/mol. The van der Waals surface area contributed by atoms with Crippen LogP contribution in [0.1, 0.15) is 31.2 Å². The van der Waals surface area contributed by atoms with Crippen LogP contribution in [0, 0.1) is 5.41 Å². The van der Waals surface area contributed by atoms with Gasteiger partial charge in [0.15, 0.2) is 0 Å². The van der Waals surface area contributed by atoms with Crippen LogP contribution in [0.25, 0.3) is 39.5 Å². The molecule has 2 aromatic heterocycles. The van der Waals surface area contributed by atoms with Gasteiger partial charge in [-0.1, -0.05) is 67.6 Å². The lowest BCUT2D eigenvalue weighted by Gasteiger charge is -2.31. The molecule has 8 heteroatoms. The zero-order valence-corrected chi connectivity index (χ0v) is 22.2. The van der Waals surface area contributed by atoms with Crippen molar-refractivity contribution in [1.82, 2.24) is 19.9 Å². The highest BCUT2D eigenvalue weighted by molar-refractivity contribution is 5.79. The van der Waals surface area contributed by atoms with E-state index in [0.29, 0.717) is 5.82 Å². The van der Waals surface area contributed by atoms with E-state index in [0.717, 1.165) is 51.5 Å². The number of nitrogens with one attached hydrogen (secondary N) is 2. The molecule has 0 bridgehead atoms. The van der Waals surface area contributed by atoms with Crippen LogP contribution in [0.15, 0.2) is 79.2 Å². The second-order valence-electron chi connectivity index (χ2n) is 9.81. The first-order valence-electron chi connectivity index (χ1n) is 12.7. The summed E-state index contributed by atoms with van der Waals surface area (Å²) in [5.74, 6) is 0.870. The Bertz CT molecular complexity index is 1580. The lowest BCUT2D eigenvalue weighted by Crippen LogP contribution is -2.24. The van der Waals surface area contributed by atoms with Crippen molar-refractivity contribution in [2.75, 3.05) is 14.2 Å².